The lowest BCUT2D eigenvalue weighted by Gasteiger charge is -2.23. The van der Waals surface area contributed by atoms with Crippen molar-refractivity contribution in [1.29, 1.82) is 0 Å². The van der Waals surface area contributed by atoms with E-state index in [1.165, 1.54) is 0 Å². The first-order valence-electron chi connectivity index (χ1n) is 6.11. The van der Waals surface area contributed by atoms with Crippen molar-refractivity contribution in [2.45, 2.75) is 46.1 Å². The van der Waals surface area contributed by atoms with E-state index < -0.39 is 5.97 Å². The van der Waals surface area contributed by atoms with Crippen LogP contribution in [0.1, 0.15) is 40.0 Å². The van der Waals surface area contributed by atoms with Crippen molar-refractivity contribution in [2.75, 3.05) is 13.1 Å². The molecule has 98 valence electrons. The maximum atomic E-state index is 11.9. The monoisotopic (exact) mass is 242 g/mol. The summed E-state index contributed by atoms with van der Waals surface area (Å²) in [7, 11) is 0. The Balaban J connectivity index is 2.45. The highest BCUT2D eigenvalue weighted by Crippen LogP contribution is 2.28. The third-order valence-electron chi connectivity index (χ3n) is 3.21. The number of likely N-dealkylation sites (tertiary alicyclic amines) is 1. The molecule has 0 saturated carbocycles. The summed E-state index contributed by atoms with van der Waals surface area (Å²) in [4.78, 5) is 24.3. The van der Waals surface area contributed by atoms with Crippen LogP contribution >= 0.6 is 0 Å². The third-order valence-corrected chi connectivity index (χ3v) is 3.21. The number of hydrogen-bond acceptors (Lipinski definition) is 2. The van der Waals surface area contributed by atoms with Crippen LogP contribution in [0.15, 0.2) is 0 Å². The van der Waals surface area contributed by atoms with Crippen LogP contribution in [0.25, 0.3) is 0 Å². The van der Waals surface area contributed by atoms with Crippen LogP contribution in [0, 0.1) is 5.41 Å². The van der Waals surface area contributed by atoms with E-state index in [-0.39, 0.29) is 23.9 Å². The molecule has 1 aliphatic rings. The maximum absolute atomic E-state index is 11.9. The average molecular weight is 242 g/mol. The summed E-state index contributed by atoms with van der Waals surface area (Å²) in [5.74, 6) is -0.876. The van der Waals surface area contributed by atoms with Crippen molar-refractivity contribution in [1.82, 2.24) is 10.2 Å². The number of amides is 2. The normalized spacial score (nSPS) is 20.1. The van der Waals surface area contributed by atoms with Gasteiger partial charge in [0.1, 0.15) is 0 Å². The first-order valence-corrected chi connectivity index (χ1v) is 6.11. The molecule has 0 aromatic carbocycles. The van der Waals surface area contributed by atoms with E-state index in [1.807, 2.05) is 6.92 Å². The molecular weight excluding hydrogens is 220 g/mol. The number of nitrogens with zero attached hydrogens (tertiary/aromatic N) is 1. The van der Waals surface area contributed by atoms with Gasteiger partial charge < -0.3 is 15.3 Å². The number of urea groups is 1. The second-order valence-electron chi connectivity index (χ2n) is 5.49. The minimum absolute atomic E-state index is 0.0144. The zero-order valence-electron chi connectivity index (χ0n) is 10.8. The van der Waals surface area contributed by atoms with Crippen LogP contribution in [-0.2, 0) is 4.79 Å². The Morgan fingerprint density at radius 2 is 2.12 bits per heavy atom. The Morgan fingerprint density at radius 3 is 2.53 bits per heavy atom. The van der Waals surface area contributed by atoms with Gasteiger partial charge in [0, 0.05) is 19.1 Å². The highest BCUT2D eigenvalue weighted by atomic mass is 16.4. The molecule has 0 spiro atoms. The van der Waals surface area contributed by atoms with Crippen molar-refractivity contribution < 1.29 is 14.7 Å². The van der Waals surface area contributed by atoms with Gasteiger partial charge in [-0.1, -0.05) is 20.8 Å². The number of carbonyl (C=O) groups is 2. The van der Waals surface area contributed by atoms with Crippen molar-refractivity contribution in [3.63, 3.8) is 0 Å². The number of carboxylic acid groups (broad SMARTS) is 1. The molecule has 5 heteroatoms. The molecule has 5 nitrogen and oxygen atoms in total. The second-order valence-corrected chi connectivity index (χ2v) is 5.49. The first kappa shape index (κ1) is 13.8. The average Bonchev–Trinajstić information content (AvgIpc) is 2.57. The van der Waals surface area contributed by atoms with Gasteiger partial charge in [0.05, 0.1) is 6.42 Å². The molecule has 0 aromatic rings. The SMILES string of the molecule is CCC(CC(=O)O)NC(=O)N1CCC(C)(C)C1. The summed E-state index contributed by atoms with van der Waals surface area (Å²) in [6.45, 7) is 7.64. The topological polar surface area (TPSA) is 69.6 Å². The van der Waals surface area contributed by atoms with E-state index in [2.05, 4.69) is 19.2 Å². The van der Waals surface area contributed by atoms with Gasteiger partial charge in [-0.05, 0) is 18.3 Å². The predicted octanol–water partition coefficient (Wildman–Crippen LogP) is 1.68. The molecular formula is C12H22N2O3. The summed E-state index contributed by atoms with van der Waals surface area (Å²) in [6, 6.07) is -0.410. The van der Waals surface area contributed by atoms with E-state index in [9.17, 15) is 9.59 Å². The fraction of sp³-hybridized carbons (Fsp3) is 0.833. The van der Waals surface area contributed by atoms with E-state index in [4.69, 9.17) is 5.11 Å². The van der Waals surface area contributed by atoms with Crippen molar-refractivity contribution in [3.8, 4) is 0 Å². The number of rotatable bonds is 4. The van der Waals surface area contributed by atoms with Crippen LogP contribution in [0.4, 0.5) is 4.79 Å². The summed E-state index contributed by atoms with van der Waals surface area (Å²) >= 11 is 0. The van der Waals surface area contributed by atoms with E-state index in [1.54, 1.807) is 4.90 Å². The highest BCUT2D eigenvalue weighted by Gasteiger charge is 2.32. The third kappa shape index (κ3) is 4.24. The van der Waals surface area contributed by atoms with Gasteiger partial charge in [-0.3, -0.25) is 4.79 Å². The van der Waals surface area contributed by atoms with Crippen LogP contribution in [0.3, 0.4) is 0 Å². The van der Waals surface area contributed by atoms with Gasteiger partial charge in [-0.15, -0.1) is 0 Å². The summed E-state index contributed by atoms with van der Waals surface area (Å²) in [6.07, 6.45) is 1.62. The first-order chi connectivity index (χ1) is 7.84. The van der Waals surface area contributed by atoms with Crippen LogP contribution in [-0.4, -0.2) is 41.1 Å². The van der Waals surface area contributed by atoms with E-state index in [0.717, 1.165) is 19.5 Å². The predicted molar refractivity (Wildman–Crippen MR) is 64.8 cm³/mol. The molecule has 1 fully saturated rings. The lowest BCUT2D eigenvalue weighted by Crippen LogP contribution is -2.44. The number of carboxylic acids is 1. The van der Waals surface area contributed by atoms with Gasteiger partial charge in [0.2, 0.25) is 0 Å². The fourth-order valence-electron chi connectivity index (χ4n) is 2.06. The zero-order chi connectivity index (χ0) is 13.1. The molecule has 1 aliphatic heterocycles. The van der Waals surface area contributed by atoms with Crippen molar-refractivity contribution in [2.24, 2.45) is 5.41 Å². The van der Waals surface area contributed by atoms with Gasteiger partial charge in [0.15, 0.2) is 0 Å². The number of carbonyl (C=O) groups excluding carboxylic acids is 1. The van der Waals surface area contributed by atoms with Gasteiger partial charge in [-0.2, -0.15) is 0 Å². The Kier molecular flexibility index (Phi) is 4.37. The van der Waals surface area contributed by atoms with Crippen LogP contribution in [0.5, 0.6) is 0 Å². The molecule has 2 N–H and O–H groups in total. The summed E-state index contributed by atoms with van der Waals surface area (Å²) < 4.78 is 0. The Labute approximate surface area is 102 Å². The molecule has 2 amide bonds. The lowest BCUT2D eigenvalue weighted by atomic mass is 9.93. The van der Waals surface area contributed by atoms with E-state index in [0.29, 0.717) is 6.42 Å². The molecule has 1 rings (SSSR count). The largest absolute Gasteiger partial charge is 0.481 e. The highest BCUT2D eigenvalue weighted by molar-refractivity contribution is 5.76. The van der Waals surface area contributed by atoms with Gasteiger partial charge >= 0.3 is 12.0 Å². The van der Waals surface area contributed by atoms with Crippen LogP contribution in [0.2, 0.25) is 0 Å². The van der Waals surface area contributed by atoms with Crippen molar-refractivity contribution >= 4 is 12.0 Å². The molecule has 1 unspecified atom stereocenters. The fourth-order valence-corrected chi connectivity index (χ4v) is 2.06. The van der Waals surface area contributed by atoms with Crippen LogP contribution < -0.4 is 5.32 Å². The van der Waals surface area contributed by atoms with Gasteiger partial charge in [-0.25, -0.2) is 4.79 Å². The summed E-state index contributed by atoms with van der Waals surface area (Å²) in [5.41, 5.74) is 0.172. The quantitative estimate of drug-likeness (QED) is 0.788. The molecule has 1 saturated heterocycles. The smallest absolute Gasteiger partial charge is 0.317 e. The Hall–Kier alpha value is -1.26. The number of aliphatic carboxylic acids is 1. The molecule has 0 aromatic heterocycles. The van der Waals surface area contributed by atoms with Gasteiger partial charge in [0.25, 0.3) is 0 Å². The second kappa shape index (κ2) is 5.38. The Bertz CT molecular complexity index is 302. The molecule has 0 aliphatic carbocycles. The molecule has 0 bridgehead atoms. The Morgan fingerprint density at radius 1 is 1.47 bits per heavy atom. The summed E-state index contributed by atoms with van der Waals surface area (Å²) in [5, 5.41) is 11.5. The van der Waals surface area contributed by atoms with E-state index >= 15 is 0 Å². The minimum atomic E-state index is -0.876. The molecule has 17 heavy (non-hydrogen) atoms. The minimum Gasteiger partial charge on any atom is -0.481 e. The maximum Gasteiger partial charge on any atom is 0.317 e. The standard InChI is InChI=1S/C12H22N2O3/c1-4-9(7-10(15)16)13-11(17)14-6-5-12(2,3)8-14/h9H,4-8H2,1-3H3,(H,13,17)(H,15,16). The molecule has 1 atom stereocenters. The number of nitrogens with one attached hydrogen (secondary N) is 1. The molecule has 1 heterocycles. The zero-order valence-corrected chi connectivity index (χ0v) is 10.8. The lowest BCUT2D eigenvalue weighted by molar-refractivity contribution is -0.137. The molecule has 0 radical (unpaired) electrons. The number of hydrogen-bond donors (Lipinski definition) is 2. The van der Waals surface area contributed by atoms with Crippen molar-refractivity contribution in [3.05, 3.63) is 0 Å².